The van der Waals surface area contributed by atoms with Gasteiger partial charge >= 0.3 is 0 Å². The predicted molar refractivity (Wildman–Crippen MR) is 110 cm³/mol. The Balaban J connectivity index is 2.24. The van der Waals surface area contributed by atoms with E-state index in [-0.39, 0.29) is 10.8 Å². The summed E-state index contributed by atoms with van der Waals surface area (Å²) in [7, 11) is -3.72. The molecule has 0 atom stereocenters. The molecule has 0 saturated heterocycles. The molecule has 0 aliphatic heterocycles. The van der Waals surface area contributed by atoms with Crippen LogP contribution in [0, 0.1) is 13.8 Å². The van der Waals surface area contributed by atoms with E-state index in [0.717, 1.165) is 24.0 Å². The third-order valence-corrected chi connectivity index (χ3v) is 5.77. The average Bonchev–Trinajstić information content (AvgIpc) is 2.64. The summed E-state index contributed by atoms with van der Waals surface area (Å²) in [4.78, 5) is 14.6. The van der Waals surface area contributed by atoms with Crippen LogP contribution in [0.1, 0.15) is 48.2 Å². The lowest BCUT2D eigenvalue weighted by Gasteiger charge is -2.21. The Bertz CT molecular complexity index is 864. The van der Waals surface area contributed by atoms with E-state index in [4.69, 9.17) is 0 Å². The van der Waals surface area contributed by atoms with Crippen LogP contribution in [0.4, 0.5) is 5.69 Å². The fraction of sp³-hybridized carbons (Fsp3) is 0.381. The number of benzene rings is 2. The van der Waals surface area contributed by atoms with E-state index in [0.29, 0.717) is 24.3 Å². The van der Waals surface area contributed by atoms with Crippen molar-refractivity contribution in [3.8, 4) is 0 Å². The number of carbonyl (C=O) groups excluding carboxylic acids is 1. The molecule has 0 radical (unpaired) electrons. The van der Waals surface area contributed by atoms with Gasteiger partial charge in [0.1, 0.15) is 0 Å². The number of nitrogens with zero attached hydrogens (tertiary/aromatic N) is 1. The lowest BCUT2D eigenvalue weighted by molar-refractivity contribution is 0.0755. The summed E-state index contributed by atoms with van der Waals surface area (Å²) in [5.74, 6) is -0.0645. The second-order valence-electron chi connectivity index (χ2n) is 6.69. The molecule has 0 fully saturated rings. The van der Waals surface area contributed by atoms with E-state index in [1.54, 1.807) is 17.0 Å². The van der Waals surface area contributed by atoms with E-state index in [9.17, 15) is 13.2 Å². The van der Waals surface area contributed by atoms with Crippen molar-refractivity contribution < 1.29 is 13.2 Å². The third kappa shape index (κ3) is 5.10. The quantitative estimate of drug-likeness (QED) is 0.730. The maximum atomic E-state index is 12.7. The molecule has 27 heavy (non-hydrogen) atoms. The van der Waals surface area contributed by atoms with Crippen LogP contribution < -0.4 is 4.72 Å². The number of carbonyl (C=O) groups is 1. The summed E-state index contributed by atoms with van der Waals surface area (Å²) >= 11 is 0. The van der Waals surface area contributed by atoms with Crippen molar-refractivity contribution in [1.29, 1.82) is 0 Å². The molecule has 5 nitrogen and oxygen atoms in total. The molecular formula is C21H28N2O3S. The molecule has 1 N–H and O–H groups in total. The van der Waals surface area contributed by atoms with Gasteiger partial charge < -0.3 is 4.90 Å². The number of rotatable bonds is 8. The molecule has 146 valence electrons. The van der Waals surface area contributed by atoms with Gasteiger partial charge in [-0.15, -0.1) is 0 Å². The minimum atomic E-state index is -3.72. The number of aryl methyl sites for hydroxylation is 2. The second kappa shape index (κ2) is 9.04. The number of anilines is 1. The highest BCUT2D eigenvalue weighted by molar-refractivity contribution is 7.92. The van der Waals surface area contributed by atoms with E-state index in [2.05, 4.69) is 4.72 Å². The molecule has 0 unspecified atom stereocenters. The standard InChI is InChI=1S/C21H28N2O3S/c1-5-14-23(15-6-2)21(24)18-10-12-19(13-11-18)27(25,26)22-20-16(3)8-7-9-17(20)4/h7-13,22H,5-6,14-15H2,1-4H3. The monoisotopic (exact) mass is 388 g/mol. The largest absolute Gasteiger partial charge is 0.339 e. The van der Waals surface area contributed by atoms with Crippen molar-refractivity contribution >= 4 is 21.6 Å². The fourth-order valence-electron chi connectivity index (χ4n) is 2.98. The topological polar surface area (TPSA) is 66.5 Å². The lowest BCUT2D eigenvalue weighted by Crippen LogP contribution is -2.32. The van der Waals surface area contributed by atoms with Crippen molar-refractivity contribution in [3.05, 3.63) is 59.2 Å². The van der Waals surface area contributed by atoms with Gasteiger partial charge in [0.15, 0.2) is 0 Å². The van der Waals surface area contributed by atoms with Gasteiger partial charge in [-0.3, -0.25) is 9.52 Å². The van der Waals surface area contributed by atoms with Gasteiger partial charge in [-0.25, -0.2) is 8.42 Å². The van der Waals surface area contributed by atoms with Crippen molar-refractivity contribution in [2.75, 3.05) is 17.8 Å². The third-order valence-electron chi connectivity index (χ3n) is 4.40. The highest BCUT2D eigenvalue weighted by Gasteiger charge is 2.19. The van der Waals surface area contributed by atoms with Crippen LogP contribution in [0.25, 0.3) is 0 Å². The first-order chi connectivity index (χ1) is 12.8. The molecule has 0 aliphatic rings. The molecule has 6 heteroatoms. The molecule has 0 heterocycles. The first-order valence-corrected chi connectivity index (χ1v) is 10.8. The molecule has 2 rings (SSSR count). The van der Waals surface area contributed by atoms with Crippen LogP contribution in [0.2, 0.25) is 0 Å². The van der Waals surface area contributed by atoms with E-state index >= 15 is 0 Å². The maximum absolute atomic E-state index is 12.7. The van der Waals surface area contributed by atoms with Crippen LogP contribution in [-0.4, -0.2) is 32.3 Å². The van der Waals surface area contributed by atoms with Gasteiger partial charge in [-0.1, -0.05) is 32.0 Å². The van der Waals surface area contributed by atoms with Crippen molar-refractivity contribution in [1.82, 2.24) is 4.90 Å². The fourth-order valence-corrected chi connectivity index (χ4v) is 4.19. The number of amides is 1. The smallest absolute Gasteiger partial charge is 0.261 e. The summed E-state index contributed by atoms with van der Waals surface area (Å²) in [5, 5.41) is 0. The SMILES string of the molecule is CCCN(CCC)C(=O)c1ccc(S(=O)(=O)Nc2c(C)cccc2C)cc1. The average molecular weight is 389 g/mol. The number of sulfonamides is 1. The van der Waals surface area contributed by atoms with Gasteiger partial charge in [0, 0.05) is 18.7 Å². The normalized spacial score (nSPS) is 11.3. The highest BCUT2D eigenvalue weighted by Crippen LogP contribution is 2.23. The highest BCUT2D eigenvalue weighted by atomic mass is 32.2. The van der Waals surface area contributed by atoms with Crippen LogP contribution in [0.3, 0.4) is 0 Å². The molecule has 1 amide bonds. The maximum Gasteiger partial charge on any atom is 0.261 e. The van der Waals surface area contributed by atoms with E-state index in [1.807, 2.05) is 45.9 Å². The molecule has 0 saturated carbocycles. The zero-order valence-electron chi connectivity index (χ0n) is 16.5. The molecule has 0 aromatic heterocycles. The number of nitrogens with one attached hydrogen (secondary N) is 1. The Kier molecular flexibility index (Phi) is 7.02. The molecule has 0 aliphatic carbocycles. The summed E-state index contributed by atoms with van der Waals surface area (Å²) in [6.07, 6.45) is 1.77. The van der Waals surface area contributed by atoms with Crippen molar-refractivity contribution in [2.45, 2.75) is 45.4 Å². The Hall–Kier alpha value is -2.34. The Morgan fingerprint density at radius 3 is 1.93 bits per heavy atom. The lowest BCUT2D eigenvalue weighted by atomic mass is 10.1. The first-order valence-electron chi connectivity index (χ1n) is 9.28. The van der Waals surface area contributed by atoms with Gasteiger partial charge in [0.25, 0.3) is 15.9 Å². The Morgan fingerprint density at radius 2 is 1.44 bits per heavy atom. The Labute approximate surface area is 162 Å². The summed E-state index contributed by atoms with van der Waals surface area (Å²) in [5.41, 5.74) is 2.82. The number of hydrogen-bond donors (Lipinski definition) is 1. The molecular weight excluding hydrogens is 360 g/mol. The summed E-state index contributed by atoms with van der Waals surface area (Å²) in [6.45, 7) is 9.18. The van der Waals surface area contributed by atoms with Gasteiger partial charge in [-0.2, -0.15) is 0 Å². The van der Waals surface area contributed by atoms with Crippen molar-refractivity contribution in [3.63, 3.8) is 0 Å². The van der Waals surface area contributed by atoms with Crippen LogP contribution in [-0.2, 0) is 10.0 Å². The van der Waals surface area contributed by atoms with Gasteiger partial charge in [0.2, 0.25) is 0 Å². The molecule has 2 aromatic rings. The van der Waals surface area contributed by atoms with Crippen LogP contribution in [0.5, 0.6) is 0 Å². The summed E-state index contributed by atoms with van der Waals surface area (Å²) in [6, 6.07) is 11.8. The van der Waals surface area contributed by atoms with Crippen LogP contribution in [0.15, 0.2) is 47.4 Å². The first kappa shape index (κ1) is 21.0. The van der Waals surface area contributed by atoms with Gasteiger partial charge in [0.05, 0.1) is 10.6 Å². The zero-order valence-corrected chi connectivity index (χ0v) is 17.3. The zero-order chi connectivity index (χ0) is 20.0. The summed E-state index contributed by atoms with van der Waals surface area (Å²) < 4.78 is 28.1. The number of para-hydroxylation sites is 1. The second-order valence-corrected chi connectivity index (χ2v) is 8.37. The van der Waals surface area contributed by atoms with E-state index < -0.39 is 10.0 Å². The van der Waals surface area contributed by atoms with E-state index in [1.165, 1.54) is 12.1 Å². The Morgan fingerprint density at radius 1 is 0.926 bits per heavy atom. The molecule has 2 aromatic carbocycles. The van der Waals surface area contributed by atoms with Gasteiger partial charge in [-0.05, 0) is 62.1 Å². The molecule has 0 bridgehead atoms. The number of hydrogen-bond acceptors (Lipinski definition) is 3. The van der Waals surface area contributed by atoms with Crippen LogP contribution >= 0.6 is 0 Å². The minimum Gasteiger partial charge on any atom is -0.339 e. The molecule has 0 spiro atoms. The predicted octanol–water partition coefficient (Wildman–Crippen LogP) is 4.37. The minimum absolute atomic E-state index is 0.0645. The van der Waals surface area contributed by atoms with Crippen molar-refractivity contribution in [2.24, 2.45) is 0 Å².